The topological polar surface area (TPSA) is 66.2 Å². The number of carbonyl (C=O) groups is 1. The van der Waals surface area contributed by atoms with Gasteiger partial charge in [-0.2, -0.15) is 5.26 Å². The number of aromatic nitrogens is 1. The highest BCUT2D eigenvalue weighted by molar-refractivity contribution is 5.71. The number of carbonyl (C=O) groups excluding carboxylic acids is 1. The molecule has 0 fully saturated rings. The second-order valence-electron chi connectivity index (χ2n) is 5.51. The minimum Gasteiger partial charge on any atom is -0.445 e. The minimum absolute atomic E-state index is 0.282. The zero-order valence-electron chi connectivity index (χ0n) is 13.2. The van der Waals surface area contributed by atoms with E-state index in [2.05, 4.69) is 11.1 Å². The lowest BCUT2D eigenvalue weighted by molar-refractivity contribution is 0.0998. The van der Waals surface area contributed by atoms with Crippen molar-refractivity contribution in [2.45, 2.75) is 13.0 Å². The molecule has 1 aliphatic heterocycles. The first-order valence-corrected chi connectivity index (χ1v) is 7.77. The van der Waals surface area contributed by atoms with Crippen molar-refractivity contribution >= 4 is 11.7 Å². The first-order valence-electron chi connectivity index (χ1n) is 7.77. The molecule has 0 bridgehead atoms. The van der Waals surface area contributed by atoms with Crippen molar-refractivity contribution in [3.63, 3.8) is 0 Å². The maximum Gasteiger partial charge on any atom is 0.410 e. The quantitative estimate of drug-likeness (QED) is 0.870. The van der Waals surface area contributed by atoms with Crippen LogP contribution in [0.5, 0.6) is 0 Å². The third kappa shape index (κ3) is 3.79. The van der Waals surface area contributed by atoms with Crippen LogP contribution in [0.3, 0.4) is 0 Å². The van der Waals surface area contributed by atoms with Crippen molar-refractivity contribution < 1.29 is 9.53 Å². The standard InChI is InChI=1S/C19H17N3O2/c20-12-16-6-7-18(21-13-16)17-8-10-22(11-9-17)19(23)24-14-15-4-2-1-3-5-15/h1-8,13H,9-11,14H2. The number of amides is 1. The van der Waals surface area contributed by atoms with Gasteiger partial charge >= 0.3 is 6.09 Å². The number of pyridine rings is 1. The molecule has 0 N–H and O–H groups in total. The smallest absolute Gasteiger partial charge is 0.410 e. The molecule has 2 heterocycles. The van der Waals surface area contributed by atoms with Gasteiger partial charge in [-0.05, 0) is 29.7 Å². The van der Waals surface area contributed by atoms with Gasteiger partial charge in [0.05, 0.1) is 11.3 Å². The van der Waals surface area contributed by atoms with E-state index in [1.807, 2.05) is 42.5 Å². The summed E-state index contributed by atoms with van der Waals surface area (Å²) in [6.07, 6.45) is 3.97. The average Bonchev–Trinajstić information content (AvgIpc) is 2.67. The van der Waals surface area contributed by atoms with Crippen LogP contribution in [0.25, 0.3) is 5.57 Å². The van der Waals surface area contributed by atoms with E-state index in [1.54, 1.807) is 17.2 Å². The van der Waals surface area contributed by atoms with E-state index in [9.17, 15) is 4.79 Å². The van der Waals surface area contributed by atoms with Crippen molar-refractivity contribution in [3.05, 3.63) is 71.6 Å². The Hall–Kier alpha value is -3.13. The van der Waals surface area contributed by atoms with Crippen LogP contribution in [0.15, 0.2) is 54.7 Å². The van der Waals surface area contributed by atoms with Crippen LogP contribution in [0.1, 0.15) is 23.2 Å². The Kier molecular flexibility index (Phi) is 4.87. The van der Waals surface area contributed by atoms with E-state index in [-0.39, 0.29) is 12.7 Å². The number of nitrogens with zero attached hydrogens (tertiary/aromatic N) is 3. The molecule has 3 rings (SSSR count). The molecule has 1 aromatic heterocycles. The van der Waals surface area contributed by atoms with Gasteiger partial charge in [-0.1, -0.05) is 36.4 Å². The fraction of sp³-hybridized carbons (Fsp3) is 0.211. The predicted molar refractivity (Wildman–Crippen MR) is 89.7 cm³/mol. The van der Waals surface area contributed by atoms with Gasteiger partial charge in [0, 0.05) is 19.3 Å². The number of nitriles is 1. The zero-order chi connectivity index (χ0) is 16.8. The van der Waals surface area contributed by atoms with E-state index >= 15 is 0 Å². The molecule has 5 nitrogen and oxygen atoms in total. The van der Waals surface area contributed by atoms with Crippen LogP contribution in [0.2, 0.25) is 0 Å². The second kappa shape index (κ2) is 7.42. The summed E-state index contributed by atoms with van der Waals surface area (Å²) in [5, 5.41) is 8.80. The van der Waals surface area contributed by atoms with E-state index in [0.29, 0.717) is 18.7 Å². The monoisotopic (exact) mass is 319 g/mol. The molecule has 1 aliphatic rings. The predicted octanol–water partition coefficient (Wildman–Crippen LogP) is 3.38. The van der Waals surface area contributed by atoms with Gasteiger partial charge in [-0.3, -0.25) is 4.98 Å². The molecule has 2 aromatic rings. The Bertz CT molecular complexity index is 777. The summed E-state index contributed by atoms with van der Waals surface area (Å²) < 4.78 is 5.34. The summed E-state index contributed by atoms with van der Waals surface area (Å²) in [4.78, 5) is 18.1. The molecule has 120 valence electrons. The van der Waals surface area contributed by atoms with Crippen molar-refractivity contribution in [3.8, 4) is 6.07 Å². The summed E-state index contributed by atoms with van der Waals surface area (Å²) in [6, 6.07) is 15.3. The van der Waals surface area contributed by atoms with Gasteiger partial charge in [0.25, 0.3) is 0 Å². The molecular weight excluding hydrogens is 302 g/mol. The van der Waals surface area contributed by atoms with Gasteiger partial charge < -0.3 is 9.64 Å². The van der Waals surface area contributed by atoms with E-state index in [0.717, 1.165) is 23.3 Å². The highest BCUT2D eigenvalue weighted by atomic mass is 16.6. The fourth-order valence-corrected chi connectivity index (χ4v) is 2.53. The number of benzene rings is 1. The lowest BCUT2D eigenvalue weighted by Crippen LogP contribution is -2.35. The SMILES string of the molecule is N#Cc1ccc(C2=CCN(C(=O)OCc3ccccc3)CC2)nc1. The lowest BCUT2D eigenvalue weighted by atomic mass is 10.0. The largest absolute Gasteiger partial charge is 0.445 e. The molecule has 1 amide bonds. The average molecular weight is 319 g/mol. The fourth-order valence-electron chi connectivity index (χ4n) is 2.53. The van der Waals surface area contributed by atoms with Crippen LogP contribution in [0, 0.1) is 11.3 Å². The molecule has 0 radical (unpaired) electrons. The summed E-state index contributed by atoms with van der Waals surface area (Å²) in [5.74, 6) is 0. The Morgan fingerprint density at radius 3 is 2.71 bits per heavy atom. The Morgan fingerprint density at radius 1 is 1.25 bits per heavy atom. The first-order chi connectivity index (χ1) is 11.8. The minimum atomic E-state index is -0.304. The van der Waals surface area contributed by atoms with E-state index in [4.69, 9.17) is 10.00 Å². The second-order valence-corrected chi connectivity index (χ2v) is 5.51. The molecule has 24 heavy (non-hydrogen) atoms. The highest BCUT2D eigenvalue weighted by Gasteiger charge is 2.19. The van der Waals surface area contributed by atoms with Crippen molar-refractivity contribution in [2.75, 3.05) is 13.1 Å². The van der Waals surface area contributed by atoms with Gasteiger partial charge in [-0.25, -0.2) is 4.79 Å². The van der Waals surface area contributed by atoms with Crippen LogP contribution < -0.4 is 0 Å². The summed E-state index contributed by atoms with van der Waals surface area (Å²) >= 11 is 0. The Morgan fingerprint density at radius 2 is 2.08 bits per heavy atom. The Balaban J connectivity index is 1.56. The molecular formula is C19H17N3O2. The Labute approximate surface area is 140 Å². The molecule has 0 atom stereocenters. The molecule has 0 saturated carbocycles. The highest BCUT2D eigenvalue weighted by Crippen LogP contribution is 2.21. The number of rotatable bonds is 3. The summed E-state index contributed by atoms with van der Waals surface area (Å²) in [6.45, 7) is 1.38. The molecule has 0 unspecified atom stereocenters. The van der Waals surface area contributed by atoms with E-state index < -0.39 is 0 Å². The first kappa shape index (κ1) is 15.8. The normalized spacial score (nSPS) is 13.8. The van der Waals surface area contributed by atoms with Gasteiger partial charge in [0.2, 0.25) is 0 Å². The maximum absolute atomic E-state index is 12.1. The number of hydrogen-bond donors (Lipinski definition) is 0. The van der Waals surface area contributed by atoms with E-state index in [1.165, 1.54) is 0 Å². The molecule has 5 heteroatoms. The van der Waals surface area contributed by atoms with Gasteiger partial charge in [0.15, 0.2) is 0 Å². The molecule has 1 aromatic carbocycles. The summed E-state index contributed by atoms with van der Waals surface area (Å²) in [5.41, 5.74) is 3.46. The lowest BCUT2D eigenvalue weighted by Gasteiger charge is -2.25. The maximum atomic E-state index is 12.1. The van der Waals surface area contributed by atoms with Crippen LogP contribution >= 0.6 is 0 Å². The molecule has 0 spiro atoms. The van der Waals surface area contributed by atoms with Crippen LogP contribution in [-0.4, -0.2) is 29.1 Å². The summed E-state index contributed by atoms with van der Waals surface area (Å²) in [7, 11) is 0. The van der Waals surface area contributed by atoms with Crippen LogP contribution in [0.4, 0.5) is 4.79 Å². The number of hydrogen-bond acceptors (Lipinski definition) is 4. The third-order valence-electron chi connectivity index (χ3n) is 3.89. The molecule has 0 saturated heterocycles. The van der Waals surface area contributed by atoms with Crippen molar-refractivity contribution in [1.29, 1.82) is 5.26 Å². The third-order valence-corrected chi connectivity index (χ3v) is 3.89. The molecule has 0 aliphatic carbocycles. The van der Waals surface area contributed by atoms with Crippen molar-refractivity contribution in [1.82, 2.24) is 9.88 Å². The van der Waals surface area contributed by atoms with Crippen molar-refractivity contribution in [2.24, 2.45) is 0 Å². The zero-order valence-corrected chi connectivity index (χ0v) is 13.2. The number of ether oxygens (including phenoxy) is 1. The van der Waals surface area contributed by atoms with Crippen LogP contribution in [-0.2, 0) is 11.3 Å². The van der Waals surface area contributed by atoms with Gasteiger partial charge in [-0.15, -0.1) is 0 Å². The van der Waals surface area contributed by atoms with Gasteiger partial charge in [0.1, 0.15) is 12.7 Å².